The van der Waals surface area contributed by atoms with Crippen LogP contribution in [0.2, 0.25) is 0 Å². The van der Waals surface area contributed by atoms with E-state index in [1.807, 2.05) is 30.3 Å². The SMILES string of the molecule is COc1cccc(CC(=O)c2cccc(C#N)c2)c1. The molecular formula is C16H13NO2. The van der Waals surface area contributed by atoms with Gasteiger partial charge in [0.15, 0.2) is 5.78 Å². The standard InChI is InChI=1S/C16H13NO2/c1-19-15-7-3-4-12(9-15)10-16(18)14-6-2-5-13(8-14)11-17/h2-9H,10H2,1H3. The van der Waals surface area contributed by atoms with Crippen LogP contribution >= 0.6 is 0 Å². The van der Waals surface area contributed by atoms with E-state index < -0.39 is 0 Å². The first-order chi connectivity index (χ1) is 9.22. The zero-order valence-corrected chi connectivity index (χ0v) is 10.6. The number of Topliss-reactive ketones (excluding diaryl/α,β-unsaturated/α-hetero) is 1. The van der Waals surface area contributed by atoms with Gasteiger partial charge in [-0.2, -0.15) is 5.26 Å². The summed E-state index contributed by atoms with van der Waals surface area (Å²) in [5, 5.41) is 8.82. The van der Waals surface area contributed by atoms with Crippen LogP contribution in [0.5, 0.6) is 5.75 Å². The van der Waals surface area contributed by atoms with Gasteiger partial charge in [0.05, 0.1) is 18.7 Å². The van der Waals surface area contributed by atoms with Crippen molar-refractivity contribution in [3.05, 3.63) is 65.2 Å². The molecule has 0 N–H and O–H groups in total. The third kappa shape index (κ3) is 3.20. The number of benzene rings is 2. The van der Waals surface area contributed by atoms with E-state index in [4.69, 9.17) is 10.00 Å². The second-order valence-corrected chi connectivity index (χ2v) is 4.14. The van der Waals surface area contributed by atoms with Gasteiger partial charge >= 0.3 is 0 Å². The highest BCUT2D eigenvalue weighted by Crippen LogP contribution is 2.15. The van der Waals surface area contributed by atoms with Crippen LogP contribution in [-0.4, -0.2) is 12.9 Å². The van der Waals surface area contributed by atoms with Gasteiger partial charge in [-0.3, -0.25) is 4.79 Å². The summed E-state index contributed by atoms with van der Waals surface area (Å²) in [5.41, 5.74) is 1.95. The van der Waals surface area contributed by atoms with Crippen molar-refractivity contribution in [2.45, 2.75) is 6.42 Å². The summed E-state index contributed by atoms with van der Waals surface area (Å²) in [5.74, 6) is 0.724. The van der Waals surface area contributed by atoms with Crippen molar-refractivity contribution in [1.29, 1.82) is 5.26 Å². The molecule has 0 saturated heterocycles. The van der Waals surface area contributed by atoms with Crippen molar-refractivity contribution < 1.29 is 9.53 Å². The minimum atomic E-state index is -0.00893. The molecule has 0 unspecified atom stereocenters. The topological polar surface area (TPSA) is 50.1 Å². The Morgan fingerprint density at radius 3 is 2.74 bits per heavy atom. The fourth-order valence-electron chi connectivity index (χ4n) is 1.83. The second kappa shape index (κ2) is 5.83. The molecule has 19 heavy (non-hydrogen) atoms. The Balaban J connectivity index is 2.18. The van der Waals surface area contributed by atoms with Crippen molar-refractivity contribution >= 4 is 5.78 Å². The lowest BCUT2D eigenvalue weighted by molar-refractivity contribution is 0.0993. The number of ether oxygens (including phenoxy) is 1. The van der Waals surface area contributed by atoms with Crippen LogP contribution in [0.3, 0.4) is 0 Å². The van der Waals surface area contributed by atoms with Gasteiger partial charge in [0, 0.05) is 12.0 Å². The van der Waals surface area contributed by atoms with Crippen molar-refractivity contribution in [3.63, 3.8) is 0 Å². The molecule has 94 valence electrons. The quantitative estimate of drug-likeness (QED) is 0.785. The lowest BCUT2D eigenvalue weighted by atomic mass is 10.0. The summed E-state index contributed by atoms with van der Waals surface area (Å²) < 4.78 is 5.12. The molecule has 0 saturated carbocycles. The molecule has 0 aliphatic rings. The average Bonchev–Trinajstić information content (AvgIpc) is 2.47. The van der Waals surface area contributed by atoms with E-state index in [0.29, 0.717) is 17.5 Å². The predicted molar refractivity (Wildman–Crippen MR) is 72.2 cm³/mol. The van der Waals surface area contributed by atoms with E-state index in [1.165, 1.54) is 0 Å². The van der Waals surface area contributed by atoms with Crippen molar-refractivity contribution in [2.24, 2.45) is 0 Å². The molecule has 0 fully saturated rings. The molecule has 0 radical (unpaired) electrons. The van der Waals surface area contributed by atoms with Crippen LogP contribution in [0, 0.1) is 11.3 Å². The number of hydrogen-bond acceptors (Lipinski definition) is 3. The largest absolute Gasteiger partial charge is 0.497 e. The zero-order chi connectivity index (χ0) is 13.7. The molecular weight excluding hydrogens is 238 g/mol. The maximum Gasteiger partial charge on any atom is 0.167 e. The highest BCUT2D eigenvalue weighted by Gasteiger charge is 2.08. The molecule has 0 spiro atoms. The van der Waals surface area contributed by atoms with Crippen LogP contribution in [0.15, 0.2) is 48.5 Å². The molecule has 2 aromatic carbocycles. The molecule has 3 nitrogen and oxygen atoms in total. The zero-order valence-electron chi connectivity index (χ0n) is 10.6. The molecule has 2 aromatic rings. The van der Waals surface area contributed by atoms with Gasteiger partial charge in [-0.05, 0) is 29.8 Å². The molecule has 0 bridgehead atoms. The monoisotopic (exact) mass is 251 g/mol. The van der Waals surface area contributed by atoms with Gasteiger partial charge in [-0.15, -0.1) is 0 Å². The molecule has 0 atom stereocenters. The molecule has 0 amide bonds. The molecule has 3 heteroatoms. The number of hydrogen-bond donors (Lipinski definition) is 0. The molecule has 0 aromatic heterocycles. The van der Waals surface area contributed by atoms with Gasteiger partial charge in [-0.25, -0.2) is 0 Å². The minimum Gasteiger partial charge on any atom is -0.497 e. The Bertz CT molecular complexity index is 641. The highest BCUT2D eigenvalue weighted by molar-refractivity contribution is 5.97. The first-order valence-electron chi connectivity index (χ1n) is 5.89. The van der Waals surface area contributed by atoms with Gasteiger partial charge in [-0.1, -0.05) is 24.3 Å². The number of nitriles is 1. The van der Waals surface area contributed by atoms with Crippen molar-refractivity contribution in [2.75, 3.05) is 7.11 Å². The van der Waals surface area contributed by atoms with Gasteiger partial charge in [0.1, 0.15) is 5.75 Å². The summed E-state index contributed by atoms with van der Waals surface area (Å²) in [4.78, 5) is 12.1. The summed E-state index contributed by atoms with van der Waals surface area (Å²) in [7, 11) is 1.59. The molecule has 0 aliphatic heterocycles. The lowest BCUT2D eigenvalue weighted by Crippen LogP contribution is -2.03. The summed E-state index contributed by atoms with van der Waals surface area (Å²) in [6.07, 6.45) is 0.298. The smallest absolute Gasteiger partial charge is 0.167 e. The van der Waals surface area contributed by atoms with Crippen LogP contribution in [0.4, 0.5) is 0 Å². The fraction of sp³-hybridized carbons (Fsp3) is 0.125. The van der Waals surface area contributed by atoms with Gasteiger partial charge in [0.2, 0.25) is 0 Å². The van der Waals surface area contributed by atoms with Crippen LogP contribution < -0.4 is 4.74 Å². The molecule has 0 heterocycles. The number of methoxy groups -OCH3 is 1. The summed E-state index contributed by atoms with van der Waals surface area (Å²) in [6.45, 7) is 0. The van der Waals surface area contributed by atoms with Gasteiger partial charge < -0.3 is 4.74 Å². The fourth-order valence-corrected chi connectivity index (χ4v) is 1.83. The molecule has 2 rings (SSSR count). The van der Waals surface area contributed by atoms with Crippen molar-refractivity contribution in [1.82, 2.24) is 0 Å². The van der Waals surface area contributed by atoms with E-state index in [2.05, 4.69) is 0 Å². The molecule has 0 aliphatic carbocycles. The van der Waals surface area contributed by atoms with E-state index in [9.17, 15) is 4.79 Å². The Kier molecular flexibility index (Phi) is 3.94. The van der Waals surface area contributed by atoms with Gasteiger partial charge in [0.25, 0.3) is 0 Å². The second-order valence-electron chi connectivity index (χ2n) is 4.14. The first kappa shape index (κ1) is 12.8. The van der Waals surface area contributed by atoms with E-state index in [-0.39, 0.29) is 5.78 Å². The first-order valence-corrected chi connectivity index (χ1v) is 5.89. The van der Waals surface area contributed by atoms with Crippen LogP contribution in [-0.2, 0) is 6.42 Å². The normalized spacial score (nSPS) is 9.68. The number of carbonyl (C=O) groups excluding carboxylic acids is 1. The average molecular weight is 251 g/mol. The van der Waals surface area contributed by atoms with Crippen molar-refractivity contribution in [3.8, 4) is 11.8 Å². The maximum atomic E-state index is 12.1. The Morgan fingerprint density at radius 2 is 2.00 bits per heavy atom. The third-order valence-electron chi connectivity index (χ3n) is 2.81. The summed E-state index contributed by atoms with van der Waals surface area (Å²) in [6, 6.07) is 16.2. The third-order valence-corrected chi connectivity index (χ3v) is 2.81. The Labute approximate surface area is 112 Å². The van der Waals surface area contributed by atoms with E-state index >= 15 is 0 Å². The highest BCUT2D eigenvalue weighted by atomic mass is 16.5. The minimum absolute atomic E-state index is 0.00893. The van der Waals surface area contributed by atoms with E-state index in [0.717, 1.165) is 11.3 Å². The lowest BCUT2D eigenvalue weighted by Gasteiger charge is -2.04. The number of rotatable bonds is 4. The Morgan fingerprint density at radius 1 is 1.21 bits per heavy atom. The number of carbonyl (C=O) groups is 1. The Hall–Kier alpha value is -2.60. The predicted octanol–water partition coefficient (Wildman–Crippen LogP) is 2.99. The number of nitrogens with zero attached hydrogens (tertiary/aromatic N) is 1. The number of ketones is 1. The van der Waals surface area contributed by atoms with E-state index in [1.54, 1.807) is 31.4 Å². The summed E-state index contributed by atoms with van der Waals surface area (Å²) >= 11 is 0. The van der Waals surface area contributed by atoms with Crippen LogP contribution in [0.1, 0.15) is 21.5 Å². The van der Waals surface area contributed by atoms with Crippen LogP contribution in [0.25, 0.3) is 0 Å². The maximum absolute atomic E-state index is 12.1.